The molecule has 0 saturated carbocycles. The number of carbonyl (C=O) groups is 1. The molecule has 0 bridgehead atoms. The van der Waals surface area contributed by atoms with E-state index >= 15 is 0 Å². The number of rotatable bonds is 8. The van der Waals surface area contributed by atoms with Gasteiger partial charge in [0.05, 0.1) is 37.2 Å². The van der Waals surface area contributed by atoms with Crippen LogP contribution in [-0.2, 0) is 19.4 Å². The Morgan fingerprint density at radius 2 is 2.00 bits per heavy atom. The third-order valence-corrected chi connectivity index (χ3v) is 4.45. The van der Waals surface area contributed by atoms with Crippen molar-refractivity contribution in [2.24, 2.45) is 0 Å². The quantitative estimate of drug-likeness (QED) is 0.530. The molecule has 114 valence electrons. The lowest BCUT2D eigenvalue weighted by atomic mass is 10.2. The van der Waals surface area contributed by atoms with E-state index in [1.165, 1.54) is 7.11 Å². The maximum atomic E-state index is 11.7. The third kappa shape index (κ3) is 6.27. The minimum Gasteiger partial charge on any atom is -0.492 e. The molecule has 0 heterocycles. The van der Waals surface area contributed by atoms with Gasteiger partial charge in [-0.3, -0.25) is 4.79 Å². The van der Waals surface area contributed by atoms with Gasteiger partial charge in [-0.25, -0.2) is 8.42 Å². The second-order valence-electron chi connectivity index (χ2n) is 4.29. The Balaban J connectivity index is 2.37. The van der Waals surface area contributed by atoms with E-state index in [1.54, 1.807) is 24.3 Å². The van der Waals surface area contributed by atoms with E-state index in [-0.39, 0.29) is 24.5 Å². The molecule has 0 spiro atoms. The number of hydrogen-bond acceptors (Lipinski definition) is 6. The largest absolute Gasteiger partial charge is 0.492 e. The summed E-state index contributed by atoms with van der Waals surface area (Å²) in [5, 5.41) is 8.88. The monoisotopic (exact) mass is 311 g/mol. The van der Waals surface area contributed by atoms with Crippen LogP contribution in [0, 0.1) is 11.3 Å². The minimum atomic E-state index is -3.30. The van der Waals surface area contributed by atoms with E-state index in [0.29, 0.717) is 17.7 Å². The summed E-state index contributed by atoms with van der Waals surface area (Å²) in [6.07, 6.45) is 0.153. The number of benzene rings is 1. The van der Waals surface area contributed by atoms with Crippen LogP contribution >= 0.6 is 0 Å². The lowest BCUT2D eigenvalue weighted by Gasteiger charge is -2.08. The first kappa shape index (κ1) is 17.0. The van der Waals surface area contributed by atoms with Crippen molar-refractivity contribution in [1.29, 1.82) is 5.26 Å². The Kier molecular flexibility index (Phi) is 6.69. The van der Waals surface area contributed by atoms with E-state index in [2.05, 4.69) is 4.74 Å². The average molecular weight is 311 g/mol. The number of carbonyl (C=O) groups excluding carboxylic acids is 1. The smallest absolute Gasteiger partial charge is 0.306 e. The first-order chi connectivity index (χ1) is 9.98. The molecular formula is C14H17NO5S. The summed E-state index contributed by atoms with van der Waals surface area (Å²) in [4.78, 5) is 10.9. The zero-order chi connectivity index (χ0) is 15.7. The van der Waals surface area contributed by atoms with Crippen LogP contribution in [0.4, 0.5) is 0 Å². The van der Waals surface area contributed by atoms with Gasteiger partial charge in [0.1, 0.15) is 11.8 Å². The van der Waals surface area contributed by atoms with E-state index in [0.717, 1.165) is 0 Å². The second kappa shape index (κ2) is 8.27. The molecule has 21 heavy (non-hydrogen) atoms. The summed E-state index contributed by atoms with van der Waals surface area (Å²) in [6, 6.07) is 8.75. The molecule has 7 heteroatoms. The topological polar surface area (TPSA) is 93.5 Å². The fourth-order valence-corrected chi connectivity index (χ4v) is 2.83. The average Bonchev–Trinajstić information content (AvgIpc) is 2.49. The predicted octanol–water partition coefficient (Wildman–Crippen LogP) is 1.31. The molecule has 0 atom stereocenters. The number of nitrogens with zero attached hydrogens (tertiary/aromatic N) is 1. The van der Waals surface area contributed by atoms with Gasteiger partial charge in [-0.2, -0.15) is 5.26 Å². The molecule has 0 unspecified atom stereocenters. The number of sulfone groups is 1. The fraction of sp³-hybridized carbons (Fsp3) is 0.429. The van der Waals surface area contributed by atoms with Crippen molar-refractivity contribution < 1.29 is 22.7 Å². The Hall–Kier alpha value is -2.07. The van der Waals surface area contributed by atoms with E-state index in [9.17, 15) is 13.2 Å². The highest BCUT2D eigenvalue weighted by Crippen LogP contribution is 2.16. The van der Waals surface area contributed by atoms with Crippen molar-refractivity contribution in [3.05, 3.63) is 29.8 Å². The number of hydrogen-bond donors (Lipinski definition) is 0. The molecule has 0 aliphatic rings. The molecule has 1 aromatic carbocycles. The highest BCUT2D eigenvalue weighted by Gasteiger charge is 2.14. The molecule has 0 aromatic heterocycles. The first-order valence-corrected chi connectivity index (χ1v) is 8.20. The van der Waals surface area contributed by atoms with Crippen LogP contribution in [0.3, 0.4) is 0 Å². The molecule has 0 N–H and O–H groups in total. The molecule has 0 radical (unpaired) electrons. The van der Waals surface area contributed by atoms with Gasteiger partial charge < -0.3 is 9.47 Å². The predicted molar refractivity (Wildman–Crippen MR) is 76.6 cm³/mol. The summed E-state index contributed by atoms with van der Waals surface area (Å²) in [7, 11) is -2.09. The second-order valence-corrected chi connectivity index (χ2v) is 6.59. The van der Waals surface area contributed by atoms with E-state index in [1.807, 2.05) is 6.07 Å². The minimum absolute atomic E-state index is 0.0707. The maximum absolute atomic E-state index is 11.7. The number of esters is 1. The molecule has 1 rings (SSSR count). The highest BCUT2D eigenvalue weighted by atomic mass is 32.2. The van der Waals surface area contributed by atoms with Gasteiger partial charge in [0.25, 0.3) is 0 Å². The number of para-hydroxylation sites is 1. The lowest BCUT2D eigenvalue weighted by molar-refractivity contribution is -0.140. The summed E-state index contributed by atoms with van der Waals surface area (Å²) in [5.74, 6) is -0.405. The van der Waals surface area contributed by atoms with Crippen LogP contribution in [0.15, 0.2) is 24.3 Å². The van der Waals surface area contributed by atoms with Crippen LogP contribution in [-0.4, -0.2) is 39.6 Å². The van der Waals surface area contributed by atoms with Gasteiger partial charge in [-0.05, 0) is 18.6 Å². The molecule has 0 amide bonds. The van der Waals surface area contributed by atoms with Gasteiger partial charge in [-0.1, -0.05) is 12.1 Å². The van der Waals surface area contributed by atoms with Crippen LogP contribution in [0.5, 0.6) is 5.75 Å². The first-order valence-electron chi connectivity index (χ1n) is 6.37. The van der Waals surface area contributed by atoms with E-state index < -0.39 is 15.8 Å². The van der Waals surface area contributed by atoms with Crippen molar-refractivity contribution in [2.45, 2.75) is 12.8 Å². The SMILES string of the molecule is COC(=O)CCS(=O)(=O)CCCOc1ccccc1C#N. The Morgan fingerprint density at radius 1 is 1.29 bits per heavy atom. The zero-order valence-electron chi connectivity index (χ0n) is 11.7. The van der Waals surface area contributed by atoms with Crippen molar-refractivity contribution in [3.63, 3.8) is 0 Å². The van der Waals surface area contributed by atoms with Crippen LogP contribution in [0.1, 0.15) is 18.4 Å². The van der Waals surface area contributed by atoms with E-state index in [4.69, 9.17) is 10.00 Å². The summed E-state index contributed by atoms with van der Waals surface area (Å²) in [6.45, 7) is 0.191. The molecule has 0 aliphatic carbocycles. The normalized spacial score (nSPS) is 10.7. The van der Waals surface area contributed by atoms with Crippen molar-refractivity contribution >= 4 is 15.8 Å². The van der Waals surface area contributed by atoms with Gasteiger partial charge in [0.15, 0.2) is 9.84 Å². The number of methoxy groups -OCH3 is 1. The fourth-order valence-electron chi connectivity index (χ4n) is 1.59. The van der Waals surface area contributed by atoms with Gasteiger partial charge >= 0.3 is 5.97 Å². The highest BCUT2D eigenvalue weighted by molar-refractivity contribution is 7.91. The van der Waals surface area contributed by atoms with Crippen molar-refractivity contribution in [1.82, 2.24) is 0 Å². The summed E-state index contributed by atoms with van der Waals surface area (Å²) in [5.41, 5.74) is 0.408. The van der Waals surface area contributed by atoms with Gasteiger partial charge in [0.2, 0.25) is 0 Å². The number of nitriles is 1. The molecule has 0 aliphatic heterocycles. The number of ether oxygens (including phenoxy) is 2. The standard InChI is InChI=1S/C14H17NO5S/c1-19-14(16)7-10-21(17,18)9-4-8-20-13-6-3-2-5-12(13)11-15/h2-3,5-6H,4,7-10H2,1H3. The summed E-state index contributed by atoms with van der Waals surface area (Å²) >= 11 is 0. The molecule has 0 saturated heterocycles. The molecular weight excluding hydrogens is 294 g/mol. The molecule has 6 nitrogen and oxygen atoms in total. The lowest BCUT2D eigenvalue weighted by Crippen LogP contribution is -2.17. The Labute approximate surface area is 124 Å². The molecule has 0 fully saturated rings. The third-order valence-electron chi connectivity index (χ3n) is 2.71. The maximum Gasteiger partial charge on any atom is 0.306 e. The molecule has 1 aromatic rings. The van der Waals surface area contributed by atoms with Crippen LogP contribution < -0.4 is 4.74 Å². The van der Waals surface area contributed by atoms with Gasteiger partial charge in [-0.15, -0.1) is 0 Å². The van der Waals surface area contributed by atoms with Crippen LogP contribution in [0.2, 0.25) is 0 Å². The Bertz CT molecular complexity index is 618. The Morgan fingerprint density at radius 3 is 2.67 bits per heavy atom. The zero-order valence-corrected chi connectivity index (χ0v) is 12.6. The van der Waals surface area contributed by atoms with Gasteiger partial charge in [0, 0.05) is 0 Å². The van der Waals surface area contributed by atoms with Crippen molar-refractivity contribution in [3.8, 4) is 11.8 Å². The van der Waals surface area contributed by atoms with Crippen molar-refractivity contribution in [2.75, 3.05) is 25.2 Å². The summed E-state index contributed by atoms with van der Waals surface area (Å²) < 4.78 is 33.1. The van der Waals surface area contributed by atoms with Crippen LogP contribution in [0.25, 0.3) is 0 Å².